The van der Waals surface area contributed by atoms with Crippen LogP contribution in [0.25, 0.3) is 0 Å². The van der Waals surface area contributed by atoms with Crippen LogP contribution in [0, 0.1) is 22.7 Å². The van der Waals surface area contributed by atoms with E-state index in [2.05, 4.69) is 20.4 Å². The molecule has 0 spiro atoms. The molecule has 4 aliphatic rings. The maximum Gasteiger partial charge on any atom is 0.302 e. The van der Waals surface area contributed by atoms with Crippen LogP contribution in [0.2, 0.25) is 0 Å². The smallest absolute Gasteiger partial charge is 0.302 e. The molecule has 3 saturated carbocycles. The van der Waals surface area contributed by atoms with Gasteiger partial charge in [-0.1, -0.05) is 27.4 Å². The van der Waals surface area contributed by atoms with E-state index in [1.165, 1.54) is 6.92 Å². The van der Waals surface area contributed by atoms with Crippen LogP contribution in [0.3, 0.4) is 0 Å². The van der Waals surface area contributed by atoms with E-state index in [4.69, 9.17) is 14.2 Å². The van der Waals surface area contributed by atoms with Gasteiger partial charge in [0.25, 0.3) is 0 Å². The fourth-order valence-corrected chi connectivity index (χ4v) is 6.64. The zero-order valence-electron chi connectivity index (χ0n) is 18.1. The van der Waals surface area contributed by atoms with Crippen molar-refractivity contribution in [3.8, 4) is 0 Å². The van der Waals surface area contributed by atoms with Crippen LogP contribution in [0.1, 0.15) is 59.8 Å². The first-order valence-corrected chi connectivity index (χ1v) is 10.6. The molecule has 2 bridgehead atoms. The van der Waals surface area contributed by atoms with Gasteiger partial charge in [-0.3, -0.25) is 14.4 Å². The summed E-state index contributed by atoms with van der Waals surface area (Å²) in [5.41, 5.74) is -1.38. The lowest BCUT2D eigenvalue weighted by Crippen LogP contribution is -2.56. The number of esters is 1. The summed E-state index contributed by atoms with van der Waals surface area (Å²) in [6.07, 6.45) is 1.85. The number of methoxy groups -OCH3 is 1. The Bertz CT molecular complexity index is 784. The number of ether oxygens (including phenoxy) is 3. The van der Waals surface area contributed by atoms with Gasteiger partial charge in [-0.05, 0) is 37.2 Å². The third-order valence-electron chi connectivity index (χ3n) is 8.41. The fourth-order valence-electron chi connectivity index (χ4n) is 6.64. The maximum absolute atomic E-state index is 13.5. The molecule has 0 aromatic carbocycles. The second kappa shape index (κ2) is 6.48. The Morgan fingerprint density at radius 2 is 1.86 bits per heavy atom. The van der Waals surface area contributed by atoms with E-state index in [1.54, 1.807) is 7.11 Å². The summed E-state index contributed by atoms with van der Waals surface area (Å²) in [5.74, 6) is -0.374. The molecule has 6 nitrogen and oxygen atoms in total. The molecule has 1 aliphatic heterocycles. The predicted molar refractivity (Wildman–Crippen MR) is 105 cm³/mol. The van der Waals surface area contributed by atoms with Crippen LogP contribution < -0.4 is 0 Å². The summed E-state index contributed by atoms with van der Waals surface area (Å²) >= 11 is 0. The molecule has 0 amide bonds. The molecule has 160 valence electrons. The largest absolute Gasteiger partial charge is 0.462 e. The monoisotopic (exact) mass is 404 g/mol. The molecular weight excluding hydrogens is 372 g/mol. The molecule has 1 saturated heterocycles. The first kappa shape index (κ1) is 20.7. The van der Waals surface area contributed by atoms with Crippen molar-refractivity contribution >= 4 is 17.5 Å². The number of Topliss-reactive ketones (excluding diaryl/α,β-unsaturated/α-hetero) is 2. The Balaban J connectivity index is 1.77. The summed E-state index contributed by atoms with van der Waals surface area (Å²) in [5, 5.41) is 0. The van der Waals surface area contributed by atoms with Crippen molar-refractivity contribution < 1.29 is 28.6 Å². The molecule has 1 unspecified atom stereocenters. The number of fused-ring (bicyclic) bond motifs is 1. The van der Waals surface area contributed by atoms with E-state index in [9.17, 15) is 14.4 Å². The number of carbonyl (C=O) groups is 3. The van der Waals surface area contributed by atoms with Crippen molar-refractivity contribution in [3.05, 3.63) is 12.2 Å². The topological polar surface area (TPSA) is 82.2 Å². The summed E-state index contributed by atoms with van der Waals surface area (Å²) in [4.78, 5) is 38.3. The minimum Gasteiger partial charge on any atom is -0.462 e. The highest BCUT2D eigenvalue weighted by atomic mass is 16.6. The predicted octanol–water partition coefficient (Wildman–Crippen LogP) is 3.02. The third-order valence-corrected chi connectivity index (χ3v) is 8.41. The van der Waals surface area contributed by atoms with E-state index < -0.39 is 22.5 Å². The highest BCUT2D eigenvalue weighted by Crippen LogP contribution is 2.62. The molecular formula is C23H32O6. The lowest BCUT2D eigenvalue weighted by atomic mass is 9.51. The van der Waals surface area contributed by atoms with Crippen LogP contribution in [0.15, 0.2) is 12.2 Å². The minimum absolute atomic E-state index is 0.0689. The SMILES string of the molecule is C=C1C(=O)[C@]23O[C@@H]2[C@H]1CCC(=O)[C@]1(C)CC[C@H](OC(C)=O)C(C)(C)[C@H]1CC3OC. The van der Waals surface area contributed by atoms with E-state index in [-0.39, 0.29) is 41.6 Å². The molecule has 7 atom stereocenters. The van der Waals surface area contributed by atoms with Gasteiger partial charge < -0.3 is 14.2 Å². The Morgan fingerprint density at radius 1 is 1.17 bits per heavy atom. The maximum atomic E-state index is 13.5. The van der Waals surface area contributed by atoms with Crippen LogP contribution in [-0.4, -0.2) is 48.6 Å². The molecule has 0 aromatic heterocycles. The summed E-state index contributed by atoms with van der Waals surface area (Å²) < 4.78 is 17.5. The van der Waals surface area contributed by atoms with Gasteiger partial charge in [-0.15, -0.1) is 0 Å². The number of epoxide rings is 1. The first-order valence-electron chi connectivity index (χ1n) is 10.6. The van der Waals surface area contributed by atoms with Gasteiger partial charge in [0.15, 0.2) is 11.4 Å². The molecule has 1 heterocycles. The summed E-state index contributed by atoms with van der Waals surface area (Å²) in [6, 6.07) is 0. The van der Waals surface area contributed by atoms with Crippen molar-refractivity contribution in [2.45, 2.75) is 83.7 Å². The van der Waals surface area contributed by atoms with Gasteiger partial charge in [0.05, 0.1) is 6.10 Å². The second-order valence-corrected chi connectivity index (χ2v) is 10.1. The lowest BCUT2D eigenvalue weighted by molar-refractivity contribution is -0.175. The average Bonchev–Trinajstić information content (AvgIpc) is 3.34. The summed E-state index contributed by atoms with van der Waals surface area (Å²) in [6.45, 7) is 11.6. The lowest BCUT2D eigenvalue weighted by Gasteiger charge is -2.54. The molecule has 0 aromatic rings. The van der Waals surface area contributed by atoms with Crippen molar-refractivity contribution in [1.29, 1.82) is 0 Å². The van der Waals surface area contributed by atoms with E-state index in [0.29, 0.717) is 37.7 Å². The highest BCUT2D eigenvalue weighted by Gasteiger charge is 2.76. The quantitative estimate of drug-likeness (QED) is 0.400. The Kier molecular flexibility index (Phi) is 4.63. The second-order valence-electron chi connectivity index (χ2n) is 10.1. The summed E-state index contributed by atoms with van der Waals surface area (Å²) in [7, 11) is 1.60. The number of carbonyl (C=O) groups excluding carboxylic acids is 3. The van der Waals surface area contributed by atoms with Gasteiger partial charge in [0.1, 0.15) is 18.0 Å². The zero-order chi connectivity index (χ0) is 21.4. The highest BCUT2D eigenvalue weighted by molar-refractivity contribution is 6.08. The van der Waals surface area contributed by atoms with Gasteiger partial charge in [0.2, 0.25) is 0 Å². The Morgan fingerprint density at radius 3 is 2.48 bits per heavy atom. The van der Waals surface area contributed by atoms with Gasteiger partial charge in [-0.2, -0.15) is 0 Å². The number of ketones is 2. The van der Waals surface area contributed by atoms with E-state index in [1.807, 2.05) is 6.92 Å². The molecule has 6 heteroatoms. The Labute approximate surface area is 172 Å². The van der Waals surface area contributed by atoms with Crippen LogP contribution in [-0.2, 0) is 28.6 Å². The first-order chi connectivity index (χ1) is 13.5. The van der Waals surface area contributed by atoms with Gasteiger partial charge >= 0.3 is 5.97 Å². The van der Waals surface area contributed by atoms with Gasteiger partial charge in [-0.25, -0.2) is 0 Å². The average molecular weight is 405 g/mol. The molecule has 0 radical (unpaired) electrons. The van der Waals surface area contributed by atoms with Crippen molar-refractivity contribution in [1.82, 2.24) is 0 Å². The molecule has 0 N–H and O–H groups in total. The number of hydrogen-bond donors (Lipinski definition) is 0. The van der Waals surface area contributed by atoms with Crippen molar-refractivity contribution in [2.24, 2.45) is 22.7 Å². The standard InChI is InChI=1S/C23H32O6/c1-12-14-7-8-16(25)22(5)10-9-17(28-13(2)24)21(3,4)15(22)11-18(27-6)23(19(12)26)20(14)29-23/h14-15,17-18,20H,1,7-11H2,2-6H3/t14-,15+,17-,18?,20+,22+,23-/m0/s1. The molecule has 29 heavy (non-hydrogen) atoms. The molecule has 4 rings (SSSR count). The van der Waals surface area contributed by atoms with Crippen molar-refractivity contribution in [2.75, 3.05) is 7.11 Å². The minimum atomic E-state index is -0.956. The van der Waals surface area contributed by atoms with E-state index >= 15 is 0 Å². The molecule has 4 fully saturated rings. The van der Waals surface area contributed by atoms with Crippen LogP contribution >= 0.6 is 0 Å². The Hall–Kier alpha value is -1.53. The van der Waals surface area contributed by atoms with Gasteiger partial charge in [0, 0.05) is 37.2 Å². The third kappa shape index (κ3) is 2.71. The van der Waals surface area contributed by atoms with E-state index in [0.717, 1.165) is 0 Å². The number of hydrogen-bond acceptors (Lipinski definition) is 6. The molecule has 3 aliphatic carbocycles. The number of rotatable bonds is 2. The normalized spacial score (nSPS) is 46.0. The van der Waals surface area contributed by atoms with Crippen LogP contribution in [0.4, 0.5) is 0 Å². The van der Waals surface area contributed by atoms with Crippen molar-refractivity contribution in [3.63, 3.8) is 0 Å². The van der Waals surface area contributed by atoms with Crippen LogP contribution in [0.5, 0.6) is 0 Å². The zero-order valence-corrected chi connectivity index (χ0v) is 18.1. The fraction of sp³-hybridized carbons (Fsp3) is 0.783.